The lowest BCUT2D eigenvalue weighted by atomic mass is 9.44. The van der Waals surface area contributed by atoms with Gasteiger partial charge >= 0.3 is 5.97 Å². The third-order valence-electron chi connectivity index (χ3n) is 9.46. The summed E-state index contributed by atoms with van der Waals surface area (Å²) in [5, 5.41) is 22.2. The molecule has 216 valence electrons. The second-order valence-electron chi connectivity index (χ2n) is 12.7. The van der Waals surface area contributed by atoms with Crippen LogP contribution in [0.15, 0.2) is 4.99 Å². The van der Waals surface area contributed by atoms with Crippen LogP contribution in [0.4, 0.5) is 0 Å². The number of carbonyl (C=O) groups is 1. The lowest BCUT2D eigenvalue weighted by molar-refractivity contribution is -0.148. The van der Waals surface area contributed by atoms with Gasteiger partial charge in [0.05, 0.1) is 12.7 Å². The summed E-state index contributed by atoms with van der Waals surface area (Å²) >= 11 is 0. The molecule has 3 rings (SSSR count). The molecule has 5 heteroatoms. The minimum atomic E-state index is -1.03. The maximum atomic E-state index is 12.7. The summed E-state index contributed by atoms with van der Waals surface area (Å²) < 4.78 is 5.25. The number of hydrogen-bond donors (Lipinski definition) is 2. The van der Waals surface area contributed by atoms with Crippen LogP contribution in [0.1, 0.15) is 150 Å². The van der Waals surface area contributed by atoms with Crippen LogP contribution in [-0.2, 0) is 9.53 Å². The number of aliphatic hydroxyl groups excluding tert-OH is 1. The van der Waals surface area contributed by atoms with E-state index >= 15 is 0 Å². The first-order valence-corrected chi connectivity index (χ1v) is 15.8. The maximum Gasteiger partial charge on any atom is 0.333 e. The molecule has 3 saturated carbocycles. The Morgan fingerprint density at radius 3 is 1.81 bits per heavy atom. The summed E-state index contributed by atoms with van der Waals surface area (Å²) in [5.74, 6) is 0.151. The van der Waals surface area contributed by atoms with Crippen molar-refractivity contribution >= 4 is 11.7 Å². The molecule has 2 bridgehead atoms. The monoisotopic (exact) mass is 521 g/mol. The number of nitrogens with zero attached hydrogens (tertiary/aromatic N) is 1. The SMILES string of the molecule is CCCCCCCCCCCCCCCCC[C@@H](O)[C@@H](N=C1C[C@H]2C[C@H](C2(C)C)[C@@]1(C)O)C(=O)OCC. The number of fused-ring (bicyclic) bond motifs is 2. The van der Waals surface area contributed by atoms with Crippen molar-refractivity contribution in [3.05, 3.63) is 0 Å². The van der Waals surface area contributed by atoms with Gasteiger partial charge in [-0.05, 0) is 50.4 Å². The molecule has 3 aliphatic rings. The fourth-order valence-corrected chi connectivity index (χ4v) is 6.71. The topological polar surface area (TPSA) is 79.1 Å². The molecule has 5 atom stereocenters. The summed E-state index contributed by atoms with van der Waals surface area (Å²) in [7, 11) is 0. The molecule has 0 spiro atoms. The summed E-state index contributed by atoms with van der Waals surface area (Å²) in [6.07, 6.45) is 20.9. The van der Waals surface area contributed by atoms with E-state index in [2.05, 4.69) is 25.8 Å². The summed E-state index contributed by atoms with van der Waals surface area (Å²) in [6, 6.07) is -0.936. The Labute approximate surface area is 228 Å². The predicted molar refractivity (Wildman–Crippen MR) is 154 cm³/mol. The number of aliphatic hydroxyl groups is 2. The Morgan fingerprint density at radius 1 is 0.892 bits per heavy atom. The molecule has 0 aliphatic heterocycles. The van der Waals surface area contributed by atoms with Gasteiger partial charge in [-0.25, -0.2) is 4.79 Å². The van der Waals surface area contributed by atoms with Crippen molar-refractivity contribution in [1.82, 2.24) is 0 Å². The van der Waals surface area contributed by atoms with Crippen molar-refractivity contribution in [3.8, 4) is 0 Å². The smallest absolute Gasteiger partial charge is 0.333 e. The minimum Gasteiger partial charge on any atom is -0.464 e. The number of rotatable bonds is 20. The van der Waals surface area contributed by atoms with E-state index in [0.717, 1.165) is 19.3 Å². The van der Waals surface area contributed by atoms with E-state index in [1.165, 1.54) is 83.5 Å². The number of esters is 1. The second-order valence-corrected chi connectivity index (χ2v) is 12.7. The highest BCUT2D eigenvalue weighted by Gasteiger charge is 2.61. The zero-order valence-electron chi connectivity index (χ0n) is 24.9. The first-order chi connectivity index (χ1) is 17.7. The van der Waals surface area contributed by atoms with Crippen LogP contribution >= 0.6 is 0 Å². The van der Waals surface area contributed by atoms with E-state index in [1.807, 2.05) is 6.92 Å². The molecule has 0 heterocycles. The molecule has 0 radical (unpaired) electrons. The van der Waals surface area contributed by atoms with Gasteiger partial charge in [-0.1, -0.05) is 117 Å². The molecule has 0 aromatic carbocycles. The van der Waals surface area contributed by atoms with E-state index in [4.69, 9.17) is 4.74 Å². The van der Waals surface area contributed by atoms with Gasteiger partial charge in [0.1, 0.15) is 5.60 Å². The maximum absolute atomic E-state index is 12.7. The molecule has 0 aromatic heterocycles. The molecule has 5 nitrogen and oxygen atoms in total. The van der Waals surface area contributed by atoms with E-state index in [0.29, 0.717) is 24.5 Å². The van der Waals surface area contributed by atoms with Crippen LogP contribution in [0.2, 0.25) is 0 Å². The second kappa shape index (κ2) is 16.2. The fraction of sp³-hybridized carbons (Fsp3) is 0.938. The number of hydrogen-bond acceptors (Lipinski definition) is 5. The lowest BCUT2D eigenvalue weighted by Gasteiger charge is -2.62. The number of aliphatic imine (C=N–C) groups is 1. The average Bonchev–Trinajstić information content (AvgIpc) is 2.84. The molecule has 3 fully saturated rings. The fourth-order valence-electron chi connectivity index (χ4n) is 6.71. The highest BCUT2D eigenvalue weighted by molar-refractivity contribution is 5.96. The zero-order chi connectivity index (χ0) is 27.3. The highest BCUT2D eigenvalue weighted by atomic mass is 16.5. The van der Waals surface area contributed by atoms with Crippen molar-refractivity contribution in [2.45, 2.75) is 168 Å². The summed E-state index contributed by atoms with van der Waals surface area (Å²) in [4.78, 5) is 17.4. The molecular formula is C32H59NO4. The quantitative estimate of drug-likeness (QED) is 0.126. The predicted octanol–water partition coefficient (Wildman–Crippen LogP) is 7.80. The summed E-state index contributed by atoms with van der Waals surface area (Å²) in [6.45, 7) is 10.6. The van der Waals surface area contributed by atoms with Crippen molar-refractivity contribution < 1.29 is 19.7 Å². The highest BCUT2D eigenvalue weighted by Crippen LogP contribution is 2.61. The average molecular weight is 522 g/mol. The zero-order valence-corrected chi connectivity index (χ0v) is 24.9. The van der Waals surface area contributed by atoms with Crippen LogP contribution in [-0.4, -0.2) is 46.2 Å². The van der Waals surface area contributed by atoms with Crippen LogP contribution in [0.3, 0.4) is 0 Å². The third-order valence-corrected chi connectivity index (χ3v) is 9.46. The van der Waals surface area contributed by atoms with Crippen LogP contribution < -0.4 is 0 Å². The number of ether oxygens (including phenoxy) is 1. The Kier molecular flexibility index (Phi) is 14.2. The third kappa shape index (κ3) is 9.64. The molecule has 0 saturated heterocycles. The molecule has 2 N–H and O–H groups in total. The van der Waals surface area contributed by atoms with Crippen molar-refractivity contribution in [1.29, 1.82) is 0 Å². The van der Waals surface area contributed by atoms with E-state index < -0.39 is 23.7 Å². The van der Waals surface area contributed by atoms with Crippen LogP contribution in [0.5, 0.6) is 0 Å². The van der Waals surface area contributed by atoms with Crippen molar-refractivity contribution in [2.24, 2.45) is 22.2 Å². The van der Waals surface area contributed by atoms with Crippen molar-refractivity contribution in [3.63, 3.8) is 0 Å². The molecular weight excluding hydrogens is 462 g/mol. The van der Waals surface area contributed by atoms with E-state index in [1.54, 1.807) is 6.92 Å². The normalized spacial score (nSPS) is 27.1. The summed E-state index contributed by atoms with van der Waals surface area (Å²) in [5.41, 5.74) is -0.270. The lowest BCUT2D eigenvalue weighted by Crippen LogP contribution is -2.65. The number of carbonyl (C=O) groups excluding carboxylic acids is 1. The van der Waals surface area contributed by atoms with Crippen LogP contribution in [0, 0.1) is 17.3 Å². The van der Waals surface area contributed by atoms with E-state index in [-0.39, 0.29) is 17.9 Å². The van der Waals surface area contributed by atoms with Gasteiger partial charge in [0.2, 0.25) is 0 Å². The van der Waals surface area contributed by atoms with Gasteiger partial charge < -0.3 is 14.9 Å². The minimum absolute atomic E-state index is 0.0917. The molecule has 0 unspecified atom stereocenters. The molecule has 3 aliphatic carbocycles. The standard InChI is InChI=1S/C32H59NO4/c1-6-8-9-10-11-12-13-14-15-16-17-18-19-20-21-22-26(34)29(30(35)37-7-2)33-28-24-25-23-27(31(25,3)4)32(28,5)36/h25-27,29,34,36H,6-24H2,1-5H3/t25-,26-,27-,29-,32-/m1/s1. The number of unbranched alkanes of at least 4 members (excludes halogenated alkanes) is 14. The Hall–Kier alpha value is -0.940. The van der Waals surface area contributed by atoms with Gasteiger partial charge in [0.25, 0.3) is 0 Å². The molecule has 0 amide bonds. The molecule has 0 aromatic rings. The van der Waals surface area contributed by atoms with Crippen LogP contribution in [0.25, 0.3) is 0 Å². The van der Waals surface area contributed by atoms with Gasteiger partial charge in [-0.15, -0.1) is 0 Å². The van der Waals surface area contributed by atoms with Gasteiger partial charge in [0.15, 0.2) is 6.04 Å². The molecule has 37 heavy (non-hydrogen) atoms. The Bertz CT molecular complexity index is 686. The van der Waals surface area contributed by atoms with Gasteiger partial charge in [-0.2, -0.15) is 0 Å². The largest absolute Gasteiger partial charge is 0.464 e. The Morgan fingerprint density at radius 2 is 1.38 bits per heavy atom. The first kappa shape index (κ1) is 32.3. The first-order valence-electron chi connectivity index (χ1n) is 15.8. The Balaban J connectivity index is 1.65. The van der Waals surface area contributed by atoms with Gasteiger partial charge in [-0.3, -0.25) is 4.99 Å². The van der Waals surface area contributed by atoms with E-state index in [9.17, 15) is 15.0 Å². The van der Waals surface area contributed by atoms with Gasteiger partial charge in [0, 0.05) is 5.71 Å². The van der Waals surface area contributed by atoms with Crippen molar-refractivity contribution in [2.75, 3.05) is 6.61 Å².